The van der Waals surface area contributed by atoms with Crippen molar-refractivity contribution in [1.29, 1.82) is 0 Å². The molecule has 0 radical (unpaired) electrons. The van der Waals surface area contributed by atoms with Gasteiger partial charge in [0.25, 0.3) is 0 Å². The fraction of sp³-hybridized carbons (Fsp3) is 0.400. The average Bonchev–Trinajstić information content (AvgIpc) is 3.02. The first kappa shape index (κ1) is 12.3. The van der Waals surface area contributed by atoms with Crippen molar-refractivity contribution in [2.24, 2.45) is 0 Å². The molecule has 1 aliphatic rings. The van der Waals surface area contributed by atoms with Gasteiger partial charge in [0.15, 0.2) is 0 Å². The maximum absolute atomic E-state index is 10.2. The average molecular weight is 279 g/mol. The Morgan fingerprint density at radius 3 is 3.21 bits per heavy atom. The summed E-state index contributed by atoms with van der Waals surface area (Å²) in [4.78, 5) is 12.2. The van der Waals surface area contributed by atoms with Gasteiger partial charge in [0.05, 0.1) is 0 Å². The Morgan fingerprint density at radius 1 is 1.47 bits per heavy atom. The van der Waals surface area contributed by atoms with Gasteiger partial charge in [-0.05, 0) is 0 Å². The number of nitrogens with two attached hydrogens (primary N) is 1. The summed E-state index contributed by atoms with van der Waals surface area (Å²) in [5, 5.41) is 0. The second-order valence-corrected chi connectivity index (χ2v) is 4.35. The number of hydrogen-bond acceptors (Lipinski definition) is 7. The molecule has 2 N–H and O–H groups in total. The van der Waals surface area contributed by atoms with Crippen molar-refractivity contribution in [1.82, 2.24) is 19.5 Å². The van der Waals surface area contributed by atoms with Crippen LogP contribution in [0.25, 0.3) is 11.2 Å². The fourth-order valence-corrected chi connectivity index (χ4v) is 2.20. The van der Waals surface area contributed by atoms with E-state index in [2.05, 4.69) is 20.8 Å². The molecule has 1 fully saturated rings. The number of fused-ring (bicyclic) bond motifs is 1. The summed E-state index contributed by atoms with van der Waals surface area (Å²) in [5.74, 6) is 2.56. The third kappa shape index (κ3) is 2.27. The molecule has 0 aromatic carbocycles. The van der Waals surface area contributed by atoms with E-state index < -0.39 is 6.29 Å². The first-order valence-electron chi connectivity index (χ1n) is 5.61. The van der Waals surface area contributed by atoms with Crippen LogP contribution in [0.4, 0.5) is 5.82 Å². The third-order valence-corrected chi connectivity index (χ3v) is 3.06. The SMILES string of the molecule is Nc1ncnc2c1ncn2[C@H]1CC[C@@H](OC#P=O)O1. The van der Waals surface area contributed by atoms with Crippen LogP contribution in [0.1, 0.15) is 19.1 Å². The van der Waals surface area contributed by atoms with Crippen molar-refractivity contribution in [3.05, 3.63) is 12.7 Å². The molecule has 0 unspecified atom stereocenters. The van der Waals surface area contributed by atoms with Crippen LogP contribution in [0.5, 0.6) is 0 Å². The molecular weight excluding hydrogens is 269 g/mol. The summed E-state index contributed by atoms with van der Waals surface area (Å²) in [6, 6.07) is 0. The molecule has 2 atom stereocenters. The number of rotatable bonds is 2. The number of imidazole rings is 1. The molecule has 9 heteroatoms. The predicted molar refractivity (Wildman–Crippen MR) is 65.5 cm³/mol. The Balaban J connectivity index is 1.87. The van der Waals surface area contributed by atoms with Gasteiger partial charge in [-0.2, -0.15) is 0 Å². The van der Waals surface area contributed by atoms with Crippen LogP contribution in [0.3, 0.4) is 0 Å². The molecule has 0 saturated carbocycles. The van der Waals surface area contributed by atoms with Crippen LogP contribution in [0.15, 0.2) is 12.7 Å². The number of anilines is 1. The zero-order valence-electron chi connectivity index (χ0n) is 9.76. The van der Waals surface area contributed by atoms with Crippen molar-refractivity contribution in [3.63, 3.8) is 0 Å². The van der Waals surface area contributed by atoms with E-state index in [0.29, 0.717) is 23.4 Å². The van der Waals surface area contributed by atoms with Crippen molar-refractivity contribution >= 4 is 24.9 Å². The molecule has 19 heavy (non-hydrogen) atoms. The van der Waals surface area contributed by atoms with Gasteiger partial charge in [-0.25, -0.2) is 0 Å². The zero-order valence-corrected chi connectivity index (χ0v) is 10.7. The number of hydrogen-bond donors (Lipinski definition) is 1. The molecule has 3 heterocycles. The quantitative estimate of drug-likeness (QED) is 0.825. The van der Waals surface area contributed by atoms with Crippen LogP contribution < -0.4 is 5.73 Å². The number of nitrogens with zero attached hydrogens (tertiary/aromatic N) is 4. The van der Waals surface area contributed by atoms with Crippen LogP contribution in [-0.2, 0) is 14.0 Å². The first-order valence-corrected chi connectivity index (χ1v) is 6.42. The predicted octanol–water partition coefficient (Wildman–Crippen LogP) is 1.27. The Morgan fingerprint density at radius 2 is 2.37 bits per heavy atom. The minimum absolute atomic E-state index is 0.241. The van der Waals surface area contributed by atoms with Crippen LogP contribution in [0, 0.1) is 5.81 Å². The van der Waals surface area contributed by atoms with E-state index >= 15 is 0 Å². The summed E-state index contributed by atoms with van der Waals surface area (Å²) < 4.78 is 22.7. The van der Waals surface area contributed by atoms with Crippen molar-refractivity contribution in [2.45, 2.75) is 25.4 Å². The molecule has 2 aromatic heterocycles. The molecule has 1 saturated heterocycles. The van der Waals surface area contributed by atoms with Gasteiger partial charge in [-0.15, -0.1) is 0 Å². The molecule has 0 aliphatic carbocycles. The summed E-state index contributed by atoms with van der Waals surface area (Å²) in [7, 11) is -0.297. The zero-order chi connectivity index (χ0) is 13.2. The van der Waals surface area contributed by atoms with Gasteiger partial charge in [0, 0.05) is 0 Å². The Bertz CT molecular complexity index is 712. The molecule has 8 nitrogen and oxygen atoms in total. The van der Waals surface area contributed by atoms with Crippen molar-refractivity contribution in [2.75, 3.05) is 5.73 Å². The van der Waals surface area contributed by atoms with Crippen molar-refractivity contribution in [3.8, 4) is 5.81 Å². The second kappa shape index (κ2) is 5.11. The van der Waals surface area contributed by atoms with Gasteiger partial charge in [-0.1, -0.05) is 0 Å². The maximum atomic E-state index is 10.2. The van der Waals surface area contributed by atoms with E-state index in [1.165, 1.54) is 6.33 Å². The number of nitrogen functional groups attached to an aromatic ring is 1. The van der Waals surface area contributed by atoms with Gasteiger partial charge in [0.1, 0.15) is 0 Å². The van der Waals surface area contributed by atoms with E-state index in [-0.39, 0.29) is 14.1 Å². The number of ether oxygens (including phenoxy) is 2. The van der Waals surface area contributed by atoms with Crippen molar-refractivity contribution < 1.29 is 14.0 Å². The summed E-state index contributed by atoms with van der Waals surface area (Å²) in [6.07, 6.45) is 3.71. The monoisotopic (exact) mass is 279 g/mol. The van der Waals surface area contributed by atoms with Gasteiger partial charge in [0.2, 0.25) is 0 Å². The summed E-state index contributed by atoms with van der Waals surface area (Å²) in [5.41, 5.74) is 6.89. The van der Waals surface area contributed by atoms with E-state index in [9.17, 15) is 4.57 Å². The first-order chi connectivity index (χ1) is 9.29. The molecular formula is C10H10N5O3P. The third-order valence-electron chi connectivity index (χ3n) is 2.88. The molecule has 1 aliphatic heterocycles. The van der Waals surface area contributed by atoms with Gasteiger partial charge in [-0.3, -0.25) is 0 Å². The molecule has 3 rings (SSSR count). The molecule has 0 amide bonds. The van der Waals surface area contributed by atoms with Crippen LogP contribution >= 0.6 is 7.92 Å². The summed E-state index contributed by atoms with van der Waals surface area (Å²) >= 11 is 0. The van der Waals surface area contributed by atoms with Gasteiger partial charge >= 0.3 is 108 Å². The molecule has 98 valence electrons. The second-order valence-electron chi connectivity index (χ2n) is 3.98. The molecule has 0 bridgehead atoms. The Hall–Kier alpha value is -1.72. The Labute approximate surface area is 109 Å². The fourth-order valence-electron chi connectivity index (χ4n) is 2.04. The molecule has 2 aromatic rings. The van der Waals surface area contributed by atoms with Gasteiger partial charge < -0.3 is 0 Å². The standard InChI is InChI=1S/C10H10N5O3P/c11-9-8-10(13-3-12-9)15(4-14-8)6-1-2-7(18-6)17-5-19-16/h3-4,6-7H,1-2H2,(H2,11,12,13)/t6-,7+/m1/s1. The normalized spacial score (nSPS) is 22.5. The van der Waals surface area contributed by atoms with E-state index in [1.807, 2.05) is 0 Å². The van der Waals surface area contributed by atoms with Crippen LogP contribution in [0.2, 0.25) is 0 Å². The number of aromatic nitrogens is 4. The Kier molecular flexibility index (Phi) is 3.31. The van der Waals surface area contributed by atoms with E-state index in [0.717, 1.165) is 6.42 Å². The minimum atomic E-state index is -0.455. The molecule has 0 spiro atoms. The van der Waals surface area contributed by atoms with E-state index in [1.54, 1.807) is 10.9 Å². The van der Waals surface area contributed by atoms with Crippen LogP contribution in [-0.4, -0.2) is 25.8 Å². The topological polar surface area (TPSA) is 105 Å². The summed E-state index contributed by atoms with van der Waals surface area (Å²) in [6.45, 7) is 0. The van der Waals surface area contributed by atoms with E-state index in [4.69, 9.17) is 15.2 Å².